The van der Waals surface area contributed by atoms with Crippen molar-refractivity contribution in [3.63, 3.8) is 0 Å². The zero-order valence-corrected chi connectivity index (χ0v) is 9.30. The van der Waals surface area contributed by atoms with Crippen molar-refractivity contribution in [2.24, 2.45) is 0 Å². The number of rotatable bonds is 6. The van der Waals surface area contributed by atoms with Gasteiger partial charge in [0.2, 0.25) is 0 Å². The molecule has 0 unspecified atom stereocenters. The van der Waals surface area contributed by atoms with Crippen LogP contribution in [0.25, 0.3) is 0 Å². The van der Waals surface area contributed by atoms with E-state index in [0.29, 0.717) is 13.2 Å². The Kier molecular flexibility index (Phi) is 6.35. The molecule has 0 amide bonds. The molecule has 0 saturated heterocycles. The third-order valence-electron chi connectivity index (χ3n) is 1.40. The molecule has 0 aliphatic heterocycles. The molecule has 0 fully saturated rings. The van der Waals surface area contributed by atoms with Crippen LogP contribution in [0.4, 0.5) is 0 Å². The van der Waals surface area contributed by atoms with E-state index in [0.717, 1.165) is 12.8 Å². The van der Waals surface area contributed by atoms with Crippen molar-refractivity contribution in [1.29, 1.82) is 0 Å². The van der Waals surface area contributed by atoms with Crippen LogP contribution in [0.3, 0.4) is 0 Å². The molecule has 2 nitrogen and oxygen atoms in total. The highest BCUT2D eigenvalue weighted by atomic mass is 28.4. The van der Waals surface area contributed by atoms with Crippen molar-refractivity contribution in [1.82, 2.24) is 0 Å². The van der Waals surface area contributed by atoms with Gasteiger partial charge < -0.3 is 8.85 Å². The van der Waals surface area contributed by atoms with Gasteiger partial charge in [0.1, 0.15) is 0 Å². The fraction of sp³-hybridized carbons (Fsp3) is 0.600. The molecule has 0 aromatic rings. The normalized spacial score (nSPS) is 10.5. The minimum atomic E-state index is -2.73. The lowest BCUT2D eigenvalue weighted by Crippen LogP contribution is -2.40. The molecule has 0 aromatic heterocycles. The summed E-state index contributed by atoms with van der Waals surface area (Å²) in [5.41, 5.74) is 4.99. The highest BCUT2D eigenvalue weighted by Gasteiger charge is 2.33. The van der Waals surface area contributed by atoms with Gasteiger partial charge in [-0.3, -0.25) is 0 Å². The van der Waals surface area contributed by atoms with Crippen molar-refractivity contribution in [3.8, 4) is 23.9 Å². The zero-order valence-electron chi connectivity index (χ0n) is 8.30. The number of terminal acetylenes is 2. The Hall–Kier alpha value is -0.743. The third kappa shape index (κ3) is 4.14. The third-order valence-corrected chi connectivity index (χ3v) is 3.38. The largest absolute Gasteiger partial charge is 0.510 e. The molecule has 3 heteroatoms. The highest BCUT2D eigenvalue weighted by Crippen LogP contribution is 2.06. The Bertz CT molecular complexity index is 188. The molecule has 0 heterocycles. The lowest BCUT2D eigenvalue weighted by atomic mass is 10.5. The van der Waals surface area contributed by atoms with E-state index in [1.165, 1.54) is 0 Å². The van der Waals surface area contributed by atoms with Crippen LogP contribution in [-0.2, 0) is 8.85 Å². The van der Waals surface area contributed by atoms with Gasteiger partial charge in [-0.05, 0) is 12.8 Å². The second-order valence-electron chi connectivity index (χ2n) is 2.60. The van der Waals surface area contributed by atoms with Crippen molar-refractivity contribution in [3.05, 3.63) is 0 Å². The second-order valence-corrected chi connectivity index (χ2v) is 4.99. The van der Waals surface area contributed by atoms with Crippen LogP contribution >= 0.6 is 0 Å². The fourth-order valence-corrected chi connectivity index (χ4v) is 2.22. The smallest absolute Gasteiger partial charge is 0.376 e. The van der Waals surface area contributed by atoms with Gasteiger partial charge in [-0.1, -0.05) is 24.9 Å². The van der Waals surface area contributed by atoms with Crippen LogP contribution in [0, 0.1) is 23.9 Å². The predicted octanol–water partition coefficient (Wildman–Crippen LogP) is 1.63. The topological polar surface area (TPSA) is 18.5 Å². The standard InChI is InChI=1S/C10H16O2Si/c1-5-9-11-13(7-3,8-4)12-10-6-2/h3-4H,5-6,9-10H2,1-2H3. The van der Waals surface area contributed by atoms with Crippen LogP contribution in [0.2, 0.25) is 0 Å². The molecule has 72 valence electrons. The Balaban J connectivity index is 4.18. The highest BCUT2D eigenvalue weighted by molar-refractivity contribution is 6.83. The summed E-state index contributed by atoms with van der Waals surface area (Å²) in [6.07, 6.45) is 12.4. The SMILES string of the molecule is C#C[Si](C#C)(OCCC)OCCC. The molecule has 13 heavy (non-hydrogen) atoms. The molecule has 0 N–H and O–H groups in total. The van der Waals surface area contributed by atoms with Crippen LogP contribution in [0.5, 0.6) is 0 Å². The minimum Gasteiger partial charge on any atom is -0.376 e. The van der Waals surface area contributed by atoms with Gasteiger partial charge in [-0.15, -0.1) is 12.8 Å². The quantitative estimate of drug-likeness (QED) is 0.475. The molecule has 0 spiro atoms. The molecular formula is C10H16O2Si. The zero-order chi connectivity index (χ0) is 10.2. The van der Waals surface area contributed by atoms with Gasteiger partial charge in [0.05, 0.1) is 0 Å². The molecule has 0 aromatic carbocycles. The molecule has 0 bridgehead atoms. The number of hydrogen-bond donors (Lipinski definition) is 0. The molecule has 0 aliphatic rings. The lowest BCUT2D eigenvalue weighted by molar-refractivity contribution is 0.193. The van der Waals surface area contributed by atoms with Crippen LogP contribution in [0.1, 0.15) is 26.7 Å². The van der Waals surface area contributed by atoms with Gasteiger partial charge in [-0.25, -0.2) is 0 Å². The second kappa shape index (κ2) is 6.74. The van der Waals surface area contributed by atoms with Crippen LogP contribution in [0.15, 0.2) is 0 Å². The first kappa shape index (κ1) is 12.3. The molecule has 0 saturated carbocycles. The van der Waals surface area contributed by atoms with Crippen molar-refractivity contribution in [2.45, 2.75) is 26.7 Å². The first-order chi connectivity index (χ1) is 6.24. The lowest BCUT2D eigenvalue weighted by Gasteiger charge is -2.18. The van der Waals surface area contributed by atoms with E-state index >= 15 is 0 Å². The van der Waals surface area contributed by atoms with Gasteiger partial charge in [0.15, 0.2) is 0 Å². The van der Waals surface area contributed by atoms with E-state index in [2.05, 4.69) is 11.1 Å². The maximum atomic E-state index is 5.42. The van der Waals surface area contributed by atoms with E-state index in [1.807, 2.05) is 13.8 Å². The first-order valence-electron chi connectivity index (χ1n) is 4.48. The monoisotopic (exact) mass is 196 g/mol. The summed E-state index contributed by atoms with van der Waals surface area (Å²) >= 11 is 0. The Labute approximate surface area is 81.9 Å². The summed E-state index contributed by atoms with van der Waals surface area (Å²) in [5, 5.41) is 0. The average Bonchev–Trinajstić information content (AvgIpc) is 2.20. The van der Waals surface area contributed by atoms with Gasteiger partial charge in [0, 0.05) is 13.2 Å². The molecule has 0 atom stereocenters. The molecular weight excluding hydrogens is 180 g/mol. The van der Waals surface area contributed by atoms with Crippen LogP contribution < -0.4 is 0 Å². The summed E-state index contributed by atoms with van der Waals surface area (Å²) < 4.78 is 10.8. The van der Waals surface area contributed by atoms with Gasteiger partial charge in [0.25, 0.3) is 0 Å². The fourth-order valence-electron chi connectivity index (χ4n) is 0.742. The maximum Gasteiger partial charge on any atom is 0.510 e. The predicted molar refractivity (Wildman–Crippen MR) is 55.9 cm³/mol. The minimum absolute atomic E-state index is 0.574. The average molecular weight is 196 g/mol. The summed E-state index contributed by atoms with van der Waals surface area (Å²) in [6.45, 7) is 5.16. The summed E-state index contributed by atoms with van der Waals surface area (Å²) in [7, 11) is -2.73. The first-order valence-corrected chi connectivity index (χ1v) is 6.29. The van der Waals surface area contributed by atoms with Gasteiger partial charge >= 0.3 is 8.56 Å². The van der Waals surface area contributed by atoms with Crippen molar-refractivity contribution in [2.75, 3.05) is 13.2 Å². The van der Waals surface area contributed by atoms with E-state index in [1.54, 1.807) is 0 Å². The van der Waals surface area contributed by atoms with Crippen LogP contribution in [-0.4, -0.2) is 21.8 Å². The van der Waals surface area contributed by atoms with Crippen molar-refractivity contribution < 1.29 is 8.85 Å². The Morgan fingerprint density at radius 1 is 1.00 bits per heavy atom. The molecule has 0 radical (unpaired) electrons. The molecule has 0 rings (SSSR count). The molecule has 0 aliphatic carbocycles. The van der Waals surface area contributed by atoms with E-state index in [-0.39, 0.29) is 0 Å². The van der Waals surface area contributed by atoms with E-state index in [4.69, 9.17) is 21.7 Å². The van der Waals surface area contributed by atoms with E-state index in [9.17, 15) is 0 Å². The van der Waals surface area contributed by atoms with Gasteiger partial charge in [-0.2, -0.15) is 0 Å². The Morgan fingerprint density at radius 3 is 1.62 bits per heavy atom. The number of hydrogen-bond acceptors (Lipinski definition) is 2. The summed E-state index contributed by atoms with van der Waals surface area (Å²) in [5.74, 6) is 0. The maximum absolute atomic E-state index is 5.42. The van der Waals surface area contributed by atoms with Crippen molar-refractivity contribution >= 4 is 8.56 Å². The summed E-state index contributed by atoms with van der Waals surface area (Å²) in [6, 6.07) is 0. The Morgan fingerprint density at radius 2 is 1.38 bits per heavy atom. The van der Waals surface area contributed by atoms with E-state index < -0.39 is 8.56 Å². The summed E-state index contributed by atoms with van der Waals surface area (Å²) in [4.78, 5) is 0.